The maximum absolute atomic E-state index is 12.1. The molecule has 0 fully saturated rings. The minimum absolute atomic E-state index is 0.363. The second-order valence-corrected chi connectivity index (χ2v) is 3.05. The van der Waals surface area contributed by atoms with Crippen LogP contribution in [0.4, 0.5) is 13.2 Å². The monoisotopic (exact) mass is 219 g/mol. The highest BCUT2D eigenvalue weighted by atomic mass is 35.5. The van der Waals surface area contributed by atoms with Gasteiger partial charge in [-0.1, -0.05) is 12.1 Å². The van der Waals surface area contributed by atoms with E-state index in [9.17, 15) is 13.2 Å². The quantitative estimate of drug-likeness (QED) is 0.663. The third-order valence-electron chi connectivity index (χ3n) is 1.64. The van der Waals surface area contributed by atoms with Gasteiger partial charge in [0.25, 0.3) is 0 Å². The highest BCUT2D eigenvalue weighted by Gasteiger charge is 2.30. The van der Waals surface area contributed by atoms with Gasteiger partial charge in [-0.3, -0.25) is 0 Å². The lowest BCUT2D eigenvalue weighted by atomic mass is 10.1. The molecule has 0 saturated carbocycles. The summed E-state index contributed by atoms with van der Waals surface area (Å²) in [4.78, 5) is 0. The minimum Gasteiger partial charge on any atom is -0.196 e. The fourth-order valence-corrected chi connectivity index (χ4v) is 1.06. The van der Waals surface area contributed by atoms with Crippen LogP contribution in [0.5, 0.6) is 0 Å². The summed E-state index contributed by atoms with van der Waals surface area (Å²) in [5.41, 5.74) is -0.384. The van der Waals surface area contributed by atoms with Gasteiger partial charge in [0.1, 0.15) is 5.38 Å². The van der Waals surface area contributed by atoms with Crippen LogP contribution >= 0.6 is 11.6 Å². The van der Waals surface area contributed by atoms with E-state index in [1.807, 2.05) is 0 Å². The van der Waals surface area contributed by atoms with Crippen LogP contribution in [0.15, 0.2) is 24.3 Å². The minimum atomic E-state index is -4.35. The highest BCUT2D eigenvalue weighted by Crippen LogP contribution is 2.30. The number of nitriles is 1. The van der Waals surface area contributed by atoms with Crippen molar-refractivity contribution >= 4 is 11.6 Å². The van der Waals surface area contributed by atoms with Crippen molar-refractivity contribution in [2.45, 2.75) is 11.6 Å². The van der Waals surface area contributed by atoms with Crippen molar-refractivity contribution in [3.8, 4) is 6.07 Å². The Morgan fingerprint density at radius 2 is 1.71 bits per heavy atom. The Morgan fingerprint density at radius 3 is 2.07 bits per heavy atom. The zero-order chi connectivity index (χ0) is 10.8. The molecule has 0 heterocycles. The molecule has 1 nitrogen and oxygen atoms in total. The predicted molar refractivity (Wildman–Crippen MR) is 45.7 cm³/mol. The zero-order valence-corrected chi connectivity index (χ0v) is 7.60. The molecule has 0 aliphatic carbocycles. The van der Waals surface area contributed by atoms with E-state index >= 15 is 0 Å². The first-order chi connectivity index (χ1) is 6.45. The van der Waals surface area contributed by atoms with E-state index in [2.05, 4.69) is 0 Å². The number of rotatable bonds is 1. The topological polar surface area (TPSA) is 23.8 Å². The lowest BCUT2D eigenvalue weighted by Crippen LogP contribution is -2.04. The van der Waals surface area contributed by atoms with E-state index in [0.29, 0.717) is 5.56 Å². The number of nitrogens with zero attached hydrogens (tertiary/aromatic N) is 1. The molecule has 0 spiro atoms. The second kappa shape index (κ2) is 3.89. The summed E-state index contributed by atoms with van der Waals surface area (Å²) in [7, 11) is 0. The Morgan fingerprint density at radius 1 is 1.21 bits per heavy atom. The van der Waals surface area contributed by atoms with Crippen molar-refractivity contribution in [2.24, 2.45) is 0 Å². The Hall–Kier alpha value is -1.21. The van der Waals surface area contributed by atoms with Crippen LogP contribution in [0.3, 0.4) is 0 Å². The number of alkyl halides is 4. The van der Waals surface area contributed by atoms with Gasteiger partial charge in [-0.15, -0.1) is 11.6 Å². The van der Waals surface area contributed by atoms with E-state index in [0.717, 1.165) is 12.1 Å². The Kier molecular flexibility index (Phi) is 3.02. The van der Waals surface area contributed by atoms with Crippen molar-refractivity contribution in [1.29, 1.82) is 5.26 Å². The van der Waals surface area contributed by atoms with Gasteiger partial charge < -0.3 is 0 Å². The summed E-state index contributed by atoms with van der Waals surface area (Å²) < 4.78 is 36.3. The molecule has 0 saturated heterocycles. The van der Waals surface area contributed by atoms with Gasteiger partial charge in [0.05, 0.1) is 11.6 Å². The van der Waals surface area contributed by atoms with Gasteiger partial charge in [0.15, 0.2) is 0 Å². The van der Waals surface area contributed by atoms with Crippen molar-refractivity contribution in [3.63, 3.8) is 0 Å². The van der Waals surface area contributed by atoms with Crippen molar-refractivity contribution < 1.29 is 13.2 Å². The maximum atomic E-state index is 12.1. The molecular weight excluding hydrogens is 215 g/mol. The number of hydrogen-bond acceptors (Lipinski definition) is 1. The van der Waals surface area contributed by atoms with Gasteiger partial charge in [-0.2, -0.15) is 18.4 Å². The van der Waals surface area contributed by atoms with E-state index < -0.39 is 17.1 Å². The average Bonchev–Trinajstić information content (AvgIpc) is 2.15. The Labute approximate surface area is 83.7 Å². The van der Waals surface area contributed by atoms with Gasteiger partial charge in [0, 0.05) is 0 Å². The molecule has 0 aliphatic rings. The van der Waals surface area contributed by atoms with E-state index in [-0.39, 0.29) is 0 Å². The smallest absolute Gasteiger partial charge is 0.196 e. The van der Waals surface area contributed by atoms with Crippen LogP contribution in [-0.2, 0) is 6.18 Å². The number of halogens is 4. The van der Waals surface area contributed by atoms with Gasteiger partial charge in [-0.05, 0) is 17.7 Å². The summed E-state index contributed by atoms with van der Waals surface area (Å²) in [6.45, 7) is 0. The van der Waals surface area contributed by atoms with Gasteiger partial charge >= 0.3 is 6.18 Å². The first-order valence-electron chi connectivity index (χ1n) is 3.66. The molecule has 0 radical (unpaired) electrons. The third-order valence-corrected chi connectivity index (χ3v) is 1.99. The fraction of sp³-hybridized carbons (Fsp3) is 0.222. The highest BCUT2D eigenvalue weighted by molar-refractivity contribution is 6.22. The summed E-state index contributed by atoms with van der Waals surface area (Å²) >= 11 is 5.51. The Balaban J connectivity index is 2.96. The van der Waals surface area contributed by atoms with Gasteiger partial charge in [-0.25, -0.2) is 0 Å². The molecule has 0 bridgehead atoms. The molecule has 0 amide bonds. The third kappa shape index (κ3) is 2.39. The van der Waals surface area contributed by atoms with Gasteiger partial charge in [0.2, 0.25) is 0 Å². The lowest BCUT2D eigenvalue weighted by Gasteiger charge is -2.07. The maximum Gasteiger partial charge on any atom is 0.416 e. The number of benzene rings is 1. The van der Waals surface area contributed by atoms with Crippen molar-refractivity contribution in [2.75, 3.05) is 0 Å². The molecule has 14 heavy (non-hydrogen) atoms. The summed E-state index contributed by atoms with van der Waals surface area (Å²) in [6, 6.07) is 5.93. The molecule has 1 aromatic rings. The molecule has 5 heteroatoms. The lowest BCUT2D eigenvalue weighted by molar-refractivity contribution is -0.137. The van der Waals surface area contributed by atoms with E-state index in [1.165, 1.54) is 12.1 Å². The molecule has 0 aliphatic heterocycles. The van der Waals surface area contributed by atoms with Crippen LogP contribution in [0, 0.1) is 11.3 Å². The SMILES string of the molecule is N#CC(Cl)c1ccc(C(F)(F)F)cc1. The van der Waals surface area contributed by atoms with Crippen molar-refractivity contribution in [3.05, 3.63) is 35.4 Å². The molecule has 1 atom stereocenters. The summed E-state index contributed by atoms with van der Waals surface area (Å²) in [5.74, 6) is 0. The van der Waals surface area contributed by atoms with Crippen molar-refractivity contribution in [1.82, 2.24) is 0 Å². The van der Waals surface area contributed by atoms with Crippen LogP contribution in [0.1, 0.15) is 16.5 Å². The first-order valence-corrected chi connectivity index (χ1v) is 4.09. The normalized spacial score (nSPS) is 13.4. The van der Waals surface area contributed by atoms with Crippen LogP contribution in [0.2, 0.25) is 0 Å². The summed E-state index contributed by atoms with van der Waals surface area (Å²) in [6.07, 6.45) is -4.35. The van der Waals surface area contributed by atoms with Crippen LogP contribution in [-0.4, -0.2) is 0 Å². The average molecular weight is 220 g/mol. The molecule has 1 aromatic carbocycles. The molecule has 74 valence electrons. The van der Waals surface area contributed by atoms with Crippen LogP contribution < -0.4 is 0 Å². The fourth-order valence-electron chi connectivity index (χ4n) is 0.916. The molecule has 1 unspecified atom stereocenters. The van der Waals surface area contributed by atoms with Crippen LogP contribution in [0.25, 0.3) is 0 Å². The number of hydrogen-bond donors (Lipinski definition) is 0. The van der Waals surface area contributed by atoms with E-state index in [4.69, 9.17) is 16.9 Å². The standard InChI is InChI=1S/C9H5ClF3N/c10-8(5-14)6-1-3-7(4-2-6)9(11,12)13/h1-4,8H. The zero-order valence-electron chi connectivity index (χ0n) is 6.85. The summed E-state index contributed by atoms with van der Waals surface area (Å²) in [5, 5.41) is 7.51. The predicted octanol–water partition coefficient (Wildman–Crippen LogP) is 3.51. The molecule has 0 aromatic heterocycles. The molecular formula is C9H5ClF3N. The first kappa shape index (κ1) is 10.9. The van der Waals surface area contributed by atoms with E-state index in [1.54, 1.807) is 6.07 Å². The second-order valence-electron chi connectivity index (χ2n) is 2.61. The molecule has 0 N–H and O–H groups in total. The Bertz CT molecular complexity index is 350. The largest absolute Gasteiger partial charge is 0.416 e. The molecule has 1 rings (SSSR count).